The van der Waals surface area contributed by atoms with Crippen LogP contribution in [0.4, 0.5) is 13.2 Å². The quantitative estimate of drug-likeness (QED) is 0.373. The van der Waals surface area contributed by atoms with Crippen LogP contribution in [-0.4, -0.2) is 77.9 Å². The summed E-state index contributed by atoms with van der Waals surface area (Å²) in [4.78, 5) is 35.1. The number of piperidine rings is 1. The zero-order valence-electron chi connectivity index (χ0n) is 20.7. The number of alkyl halides is 3. The topological polar surface area (TPSA) is 134 Å². The summed E-state index contributed by atoms with van der Waals surface area (Å²) < 4.78 is 40.8. The lowest BCUT2D eigenvalue weighted by molar-refractivity contribution is -0.822. The fraction of sp³-hybridized carbons (Fsp3) is 0.400. The molecular formula is C25H24F3N10O+. The van der Waals surface area contributed by atoms with Crippen molar-refractivity contribution in [2.24, 2.45) is 0 Å². The molecule has 2 fully saturated rings. The van der Waals surface area contributed by atoms with Gasteiger partial charge >= 0.3 is 6.18 Å². The third kappa shape index (κ3) is 4.48. The molecule has 0 saturated carbocycles. The number of hydrogen-bond acceptors (Lipinski definition) is 7. The Morgan fingerprint density at radius 2 is 2.00 bits per heavy atom. The maximum Gasteiger partial charge on any atom is 0.451 e. The van der Waals surface area contributed by atoms with Crippen LogP contribution in [-0.2, 0) is 11.7 Å². The number of aromatic nitrogens is 7. The summed E-state index contributed by atoms with van der Waals surface area (Å²) in [5, 5.41) is 13.8. The van der Waals surface area contributed by atoms with Gasteiger partial charge in [0.1, 0.15) is 24.1 Å². The van der Waals surface area contributed by atoms with E-state index in [1.54, 1.807) is 0 Å². The average Bonchev–Trinajstić information content (AvgIpc) is 3.60. The number of fused-ring (bicyclic) bond motifs is 1. The number of hydrogen-bond donors (Lipinski definition) is 2. The van der Waals surface area contributed by atoms with Crippen molar-refractivity contribution >= 4 is 16.9 Å². The molecule has 14 heteroatoms. The maximum atomic E-state index is 12.9. The predicted octanol–water partition coefficient (Wildman–Crippen LogP) is 2.28. The average molecular weight is 538 g/mol. The van der Waals surface area contributed by atoms with Gasteiger partial charge < -0.3 is 9.88 Å². The number of carbonyl (C=O) groups is 1. The number of nitrogens with zero attached hydrogens (tertiary/aromatic N) is 8. The molecule has 2 aliphatic heterocycles. The standard InChI is InChI=1S/C25H23F3N10O/c26-25(27,28)23-31-8-2-19(35-23)22(39)36-9-3-17(4-10-36)37-13-24(14-37,5-6-29)38-12-16(11-34-38)20-18-1-7-30-21(18)33-15-32-20/h1-2,7-8,11-12,15,17H,3-5,9-10,13-14H2,(H,30,32,33)/p+1. The Morgan fingerprint density at radius 3 is 2.74 bits per heavy atom. The Balaban J connectivity index is 1.11. The van der Waals surface area contributed by atoms with Crippen LogP contribution in [0.2, 0.25) is 0 Å². The van der Waals surface area contributed by atoms with E-state index in [1.165, 1.54) is 17.3 Å². The number of likely N-dealkylation sites (tertiary alicyclic amines) is 2. The Hall–Kier alpha value is -4.38. The van der Waals surface area contributed by atoms with Crippen molar-refractivity contribution < 1.29 is 22.6 Å². The Kier molecular flexibility index (Phi) is 6.02. The van der Waals surface area contributed by atoms with Crippen LogP contribution in [0.1, 0.15) is 35.6 Å². The number of nitrogens with one attached hydrogen (secondary N) is 2. The zero-order chi connectivity index (χ0) is 27.2. The molecule has 6 heterocycles. The van der Waals surface area contributed by atoms with E-state index in [1.807, 2.05) is 29.3 Å². The highest BCUT2D eigenvalue weighted by atomic mass is 19.4. The van der Waals surface area contributed by atoms with Gasteiger partial charge in [-0.2, -0.15) is 23.5 Å². The van der Waals surface area contributed by atoms with Gasteiger partial charge in [-0.15, -0.1) is 4.68 Å². The van der Waals surface area contributed by atoms with E-state index in [9.17, 15) is 23.2 Å². The number of rotatable bonds is 5. The minimum Gasteiger partial charge on any atom is -0.346 e. The second-order valence-electron chi connectivity index (χ2n) is 9.94. The summed E-state index contributed by atoms with van der Waals surface area (Å²) in [5.41, 5.74) is 1.76. The van der Waals surface area contributed by atoms with E-state index in [2.05, 4.69) is 41.0 Å². The first-order chi connectivity index (χ1) is 18.8. The molecule has 11 nitrogen and oxygen atoms in total. The second kappa shape index (κ2) is 9.42. The first-order valence-electron chi connectivity index (χ1n) is 12.5. The summed E-state index contributed by atoms with van der Waals surface area (Å²) in [6.45, 7) is 2.15. The van der Waals surface area contributed by atoms with Gasteiger partial charge in [0, 0.05) is 36.9 Å². The van der Waals surface area contributed by atoms with E-state index in [4.69, 9.17) is 0 Å². The molecule has 200 valence electrons. The highest BCUT2D eigenvalue weighted by Gasteiger charge is 2.55. The highest BCUT2D eigenvalue weighted by Crippen LogP contribution is 2.33. The van der Waals surface area contributed by atoms with Crippen molar-refractivity contribution in [1.29, 1.82) is 5.26 Å². The number of halogens is 3. The zero-order valence-corrected chi connectivity index (χ0v) is 20.7. The molecule has 0 aliphatic carbocycles. The van der Waals surface area contributed by atoms with Crippen LogP contribution in [0, 0.1) is 11.3 Å². The molecule has 0 unspecified atom stereocenters. The Labute approximate surface area is 220 Å². The van der Waals surface area contributed by atoms with Crippen LogP contribution in [0.3, 0.4) is 0 Å². The fourth-order valence-corrected chi connectivity index (χ4v) is 5.53. The van der Waals surface area contributed by atoms with Crippen molar-refractivity contribution in [3.63, 3.8) is 0 Å². The molecule has 4 aromatic heterocycles. The lowest BCUT2D eigenvalue weighted by atomic mass is 9.83. The monoisotopic (exact) mass is 537 g/mol. The van der Waals surface area contributed by atoms with E-state index in [0.29, 0.717) is 45.4 Å². The molecule has 0 atom stereocenters. The first kappa shape index (κ1) is 24.9. The highest BCUT2D eigenvalue weighted by molar-refractivity contribution is 5.92. The SMILES string of the molecule is N#CCC1([n+]2cc(-c3ncnc4[nH]ccc34)c[nH]2)CN(C2CCN(C(=O)c3ccnc(C(F)(F)F)n3)CC2)C1. The maximum absolute atomic E-state index is 12.9. The number of carbonyl (C=O) groups excluding carboxylic acids is 1. The Bertz CT molecular complexity index is 1560. The van der Waals surface area contributed by atoms with Gasteiger partial charge in [0.15, 0.2) is 0 Å². The third-order valence-corrected chi connectivity index (χ3v) is 7.57. The molecule has 0 radical (unpaired) electrons. The largest absolute Gasteiger partial charge is 0.451 e. The molecule has 2 N–H and O–H groups in total. The van der Waals surface area contributed by atoms with Crippen molar-refractivity contribution in [2.45, 2.75) is 37.0 Å². The van der Waals surface area contributed by atoms with Gasteiger partial charge in [0.25, 0.3) is 5.91 Å². The predicted molar refractivity (Wildman–Crippen MR) is 130 cm³/mol. The summed E-state index contributed by atoms with van der Waals surface area (Å²) >= 11 is 0. The second-order valence-corrected chi connectivity index (χ2v) is 9.94. The smallest absolute Gasteiger partial charge is 0.346 e. The minimum absolute atomic E-state index is 0.202. The van der Waals surface area contributed by atoms with E-state index < -0.39 is 23.4 Å². The molecule has 0 bridgehead atoms. The van der Waals surface area contributed by atoms with Crippen molar-refractivity contribution in [2.75, 3.05) is 26.2 Å². The molecule has 2 aliphatic rings. The van der Waals surface area contributed by atoms with Gasteiger partial charge in [-0.05, 0) is 25.0 Å². The normalized spacial score (nSPS) is 18.2. The van der Waals surface area contributed by atoms with Crippen molar-refractivity contribution in [1.82, 2.24) is 39.8 Å². The minimum atomic E-state index is -4.71. The van der Waals surface area contributed by atoms with Gasteiger partial charge in [-0.1, -0.05) is 0 Å². The van der Waals surface area contributed by atoms with Gasteiger partial charge in [0.05, 0.1) is 36.6 Å². The molecule has 0 aromatic carbocycles. The summed E-state index contributed by atoms with van der Waals surface area (Å²) in [5.74, 6) is -1.85. The number of aromatic amines is 2. The third-order valence-electron chi connectivity index (χ3n) is 7.57. The van der Waals surface area contributed by atoms with Gasteiger partial charge in [-0.3, -0.25) is 9.69 Å². The van der Waals surface area contributed by atoms with Crippen LogP contribution in [0.5, 0.6) is 0 Å². The van der Waals surface area contributed by atoms with Crippen LogP contribution < -0.4 is 4.68 Å². The molecule has 1 amide bonds. The van der Waals surface area contributed by atoms with Gasteiger partial charge in [0.2, 0.25) is 17.6 Å². The molecule has 4 aromatic rings. The molecule has 0 spiro atoms. The Morgan fingerprint density at radius 1 is 1.21 bits per heavy atom. The molecule has 6 rings (SSSR count). The molecule has 39 heavy (non-hydrogen) atoms. The number of H-pyrrole nitrogens is 2. The lowest BCUT2D eigenvalue weighted by Crippen LogP contribution is -2.76. The van der Waals surface area contributed by atoms with Crippen molar-refractivity contribution in [3.8, 4) is 17.3 Å². The summed E-state index contributed by atoms with van der Waals surface area (Å²) in [6, 6.07) is 5.66. The van der Waals surface area contributed by atoms with Crippen LogP contribution in [0.15, 0.2) is 43.2 Å². The van der Waals surface area contributed by atoms with Crippen LogP contribution in [0.25, 0.3) is 22.3 Å². The van der Waals surface area contributed by atoms with Gasteiger partial charge in [-0.25, -0.2) is 19.9 Å². The lowest BCUT2D eigenvalue weighted by Gasteiger charge is -2.49. The van der Waals surface area contributed by atoms with E-state index >= 15 is 0 Å². The summed E-state index contributed by atoms with van der Waals surface area (Å²) in [7, 11) is 0. The number of nitriles is 1. The van der Waals surface area contributed by atoms with Crippen LogP contribution >= 0.6 is 0 Å². The van der Waals surface area contributed by atoms with Crippen molar-refractivity contribution in [3.05, 3.63) is 54.8 Å². The molecule has 2 saturated heterocycles. The number of amides is 1. The first-order valence-corrected chi connectivity index (χ1v) is 12.5. The summed E-state index contributed by atoms with van der Waals surface area (Å²) in [6.07, 6.45) is 5.11. The molecular weight excluding hydrogens is 513 g/mol. The van der Waals surface area contributed by atoms with E-state index in [-0.39, 0.29) is 11.7 Å². The van der Waals surface area contributed by atoms with E-state index in [0.717, 1.165) is 28.5 Å². The fourth-order valence-electron chi connectivity index (χ4n) is 5.53.